The molecule has 0 bridgehead atoms. The van der Waals surface area contributed by atoms with Crippen LogP contribution in [0.4, 0.5) is 13.2 Å². The number of carbonyl (C=O) groups is 1. The third-order valence-electron chi connectivity index (χ3n) is 4.31. The molecular formula is C18H23F3N2O. The zero-order chi connectivity index (χ0) is 17.7. The number of amides is 1. The van der Waals surface area contributed by atoms with E-state index in [1.807, 2.05) is 7.05 Å². The van der Waals surface area contributed by atoms with Gasteiger partial charge in [-0.1, -0.05) is 12.1 Å². The second-order valence-electron chi connectivity index (χ2n) is 6.26. The molecule has 1 atom stereocenters. The van der Waals surface area contributed by atoms with Crippen LogP contribution in [0.5, 0.6) is 0 Å². The van der Waals surface area contributed by atoms with E-state index in [1.165, 1.54) is 12.1 Å². The molecule has 1 aliphatic rings. The van der Waals surface area contributed by atoms with E-state index in [1.54, 1.807) is 17.9 Å². The lowest BCUT2D eigenvalue weighted by molar-refractivity contribution is -0.137. The molecule has 6 heteroatoms. The average Bonchev–Trinajstić information content (AvgIpc) is 2.54. The predicted octanol–water partition coefficient (Wildman–Crippen LogP) is 3.57. The van der Waals surface area contributed by atoms with Crippen molar-refractivity contribution < 1.29 is 18.0 Å². The van der Waals surface area contributed by atoms with E-state index in [2.05, 4.69) is 5.32 Å². The summed E-state index contributed by atoms with van der Waals surface area (Å²) >= 11 is 0. The first-order chi connectivity index (χ1) is 11.3. The molecule has 0 radical (unpaired) electrons. The lowest BCUT2D eigenvalue weighted by Crippen LogP contribution is -2.41. The molecule has 1 aliphatic heterocycles. The summed E-state index contributed by atoms with van der Waals surface area (Å²) in [6, 6.07) is 5.07. The van der Waals surface area contributed by atoms with Crippen molar-refractivity contribution in [1.29, 1.82) is 0 Å². The Kier molecular flexibility index (Phi) is 6.04. The first-order valence-corrected chi connectivity index (χ1v) is 8.10. The number of carbonyl (C=O) groups excluding carboxylic acids is 1. The molecule has 3 nitrogen and oxygen atoms in total. The average molecular weight is 340 g/mol. The van der Waals surface area contributed by atoms with Crippen LogP contribution in [0.1, 0.15) is 30.9 Å². The van der Waals surface area contributed by atoms with Gasteiger partial charge in [0.15, 0.2) is 0 Å². The smallest absolute Gasteiger partial charge is 0.339 e. The van der Waals surface area contributed by atoms with Gasteiger partial charge in [-0.3, -0.25) is 4.79 Å². The molecule has 1 aromatic carbocycles. The van der Waals surface area contributed by atoms with Crippen LogP contribution < -0.4 is 5.32 Å². The maximum Gasteiger partial charge on any atom is 0.416 e. The summed E-state index contributed by atoms with van der Waals surface area (Å²) in [7, 11) is 1.89. The SMILES string of the molecule is CNCC1CCCN(C(=O)/C=C(/C)c2cccc(C(F)(F)F)c2)C1. The van der Waals surface area contributed by atoms with E-state index in [-0.39, 0.29) is 5.91 Å². The Morgan fingerprint density at radius 1 is 1.42 bits per heavy atom. The number of hydrogen-bond acceptors (Lipinski definition) is 2. The molecule has 0 aromatic heterocycles. The van der Waals surface area contributed by atoms with Crippen molar-refractivity contribution >= 4 is 11.5 Å². The number of benzene rings is 1. The minimum Gasteiger partial charge on any atom is -0.339 e. The van der Waals surface area contributed by atoms with Crippen LogP contribution >= 0.6 is 0 Å². The Morgan fingerprint density at radius 3 is 2.83 bits per heavy atom. The normalized spacial score (nSPS) is 19.5. The summed E-state index contributed by atoms with van der Waals surface area (Å²) in [6.45, 7) is 3.92. The Hall–Kier alpha value is -1.82. The molecule has 1 N–H and O–H groups in total. The highest BCUT2D eigenvalue weighted by Gasteiger charge is 2.30. The Balaban J connectivity index is 2.11. The van der Waals surface area contributed by atoms with Gasteiger partial charge in [0.2, 0.25) is 5.91 Å². The molecule has 132 valence electrons. The largest absolute Gasteiger partial charge is 0.416 e. The highest BCUT2D eigenvalue weighted by Crippen LogP contribution is 2.31. The number of rotatable bonds is 4. The van der Waals surface area contributed by atoms with Gasteiger partial charge >= 0.3 is 6.18 Å². The Labute approximate surface area is 140 Å². The van der Waals surface area contributed by atoms with E-state index >= 15 is 0 Å². The summed E-state index contributed by atoms with van der Waals surface area (Å²) in [5, 5.41) is 3.12. The van der Waals surface area contributed by atoms with Crippen molar-refractivity contribution in [2.75, 3.05) is 26.7 Å². The van der Waals surface area contributed by atoms with Crippen LogP contribution in [0, 0.1) is 5.92 Å². The second kappa shape index (κ2) is 7.83. The summed E-state index contributed by atoms with van der Waals surface area (Å²) < 4.78 is 38.4. The first kappa shape index (κ1) is 18.5. The molecule has 1 unspecified atom stereocenters. The van der Waals surface area contributed by atoms with Gasteiger partial charge in [-0.2, -0.15) is 13.2 Å². The fourth-order valence-corrected chi connectivity index (χ4v) is 3.02. The van der Waals surface area contributed by atoms with Crippen LogP contribution in [0.15, 0.2) is 30.3 Å². The summed E-state index contributed by atoms with van der Waals surface area (Å²) in [4.78, 5) is 14.2. The van der Waals surface area contributed by atoms with Gasteiger partial charge in [0.25, 0.3) is 0 Å². The molecule has 0 saturated carbocycles. The van der Waals surface area contributed by atoms with Gasteiger partial charge in [0, 0.05) is 19.2 Å². The minimum atomic E-state index is -4.38. The van der Waals surface area contributed by atoms with Crippen LogP contribution in [0.25, 0.3) is 5.57 Å². The number of piperidine rings is 1. The van der Waals surface area contributed by atoms with Crippen molar-refractivity contribution in [1.82, 2.24) is 10.2 Å². The van der Waals surface area contributed by atoms with Crippen LogP contribution in [-0.2, 0) is 11.0 Å². The Morgan fingerprint density at radius 2 is 2.17 bits per heavy atom. The second-order valence-corrected chi connectivity index (χ2v) is 6.26. The van der Waals surface area contributed by atoms with Crippen molar-refractivity contribution in [3.8, 4) is 0 Å². The van der Waals surface area contributed by atoms with E-state index in [4.69, 9.17) is 0 Å². The van der Waals surface area contributed by atoms with Crippen LogP contribution in [-0.4, -0.2) is 37.5 Å². The maximum absolute atomic E-state index is 12.8. The molecule has 1 fully saturated rings. The summed E-state index contributed by atoms with van der Waals surface area (Å²) in [5.41, 5.74) is 0.260. The highest BCUT2D eigenvalue weighted by atomic mass is 19.4. The van der Waals surface area contributed by atoms with Crippen molar-refractivity contribution in [2.24, 2.45) is 5.92 Å². The van der Waals surface area contributed by atoms with Crippen molar-refractivity contribution in [3.63, 3.8) is 0 Å². The van der Waals surface area contributed by atoms with E-state index in [0.29, 0.717) is 30.1 Å². The molecule has 0 aliphatic carbocycles. The van der Waals surface area contributed by atoms with Crippen LogP contribution in [0.2, 0.25) is 0 Å². The lowest BCUT2D eigenvalue weighted by atomic mass is 9.97. The fraction of sp³-hybridized carbons (Fsp3) is 0.500. The third-order valence-corrected chi connectivity index (χ3v) is 4.31. The molecular weight excluding hydrogens is 317 g/mol. The number of alkyl halides is 3. The number of halogens is 3. The molecule has 1 heterocycles. The quantitative estimate of drug-likeness (QED) is 0.850. The number of allylic oxidation sites excluding steroid dienone is 1. The molecule has 24 heavy (non-hydrogen) atoms. The number of nitrogens with one attached hydrogen (secondary N) is 1. The Bertz CT molecular complexity index is 609. The summed E-state index contributed by atoms with van der Waals surface area (Å²) in [5.74, 6) is 0.292. The number of likely N-dealkylation sites (tertiary alicyclic amines) is 1. The molecule has 1 aromatic rings. The molecule has 0 spiro atoms. The first-order valence-electron chi connectivity index (χ1n) is 8.10. The minimum absolute atomic E-state index is 0.134. The van der Waals surface area contributed by atoms with Gasteiger partial charge in [-0.25, -0.2) is 0 Å². The third kappa shape index (κ3) is 4.84. The summed E-state index contributed by atoms with van der Waals surface area (Å²) in [6.07, 6.45) is -0.903. The number of nitrogens with zero attached hydrogens (tertiary/aromatic N) is 1. The van der Waals surface area contributed by atoms with E-state index in [0.717, 1.165) is 31.5 Å². The van der Waals surface area contributed by atoms with Crippen molar-refractivity contribution in [2.45, 2.75) is 25.9 Å². The van der Waals surface area contributed by atoms with E-state index in [9.17, 15) is 18.0 Å². The van der Waals surface area contributed by atoms with Gasteiger partial charge in [0.1, 0.15) is 0 Å². The van der Waals surface area contributed by atoms with Gasteiger partial charge in [-0.05, 0) is 62.5 Å². The van der Waals surface area contributed by atoms with E-state index < -0.39 is 11.7 Å². The molecule has 2 rings (SSSR count). The fourth-order valence-electron chi connectivity index (χ4n) is 3.02. The van der Waals surface area contributed by atoms with Gasteiger partial charge in [0.05, 0.1) is 5.56 Å². The number of hydrogen-bond donors (Lipinski definition) is 1. The topological polar surface area (TPSA) is 32.3 Å². The standard InChI is InChI=1S/C18H23F3N2O/c1-13(15-6-3-7-16(10-15)18(19,20)21)9-17(24)23-8-4-5-14(12-23)11-22-2/h3,6-7,9-10,14,22H,4-5,8,11-12H2,1-2H3/b13-9-. The molecule has 1 amide bonds. The van der Waals surface area contributed by atoms with Gasteiger partial charge < -0.3 is 10.2 Å². The zero-order valence-electron chi connectivity index (χ0n) is 14.0. The lowest BCUT2D eigenvalue weighted by Gasteiger charge is -2.32. The van der Waals surface area contributed by atoms with Crippen molar-refractivity contribution in [3.05, 3.63) is 41.5 Å². The molecule has 1 saturated heterocycles. The monoisotopic (exact) mass is 340 g/mol. The van der Waals surface area contributed by atoms with Crippen LogP contribution in [0.3, 0.4) is 0 Å². The maximum atomic E-state index is 12.8. The zero-order valence-corrected chi connectivity index (χ0v) is 14.0. The highest BCUT2D eigenvalue weighted by molar-refractivity contribution is 5.95. The van der Waals surface area contributed by atoms with Gasteiger partial charge in [-0.15, -0.1) is 0 Å². The predicted molar refractivity (Wildman–Crippen MR) is 88.3 cm³/mol.